The zero-order chi connectivity index (χ0) is 45.5. The number of aromatic nitrogens is 1. The highest BCUT2D eigenvalue weighted by Crippen LogP contribution is 2.60. The lowest BCUT2D eigenvalue weighted by atomic mass is 9.68. The highest BCUT2D eigenvalue weighted by Gasteiger charge is 2.46. The largest absolute Gasteiger partial charge is 0.306 e. The van der Waals surface area contributed by atoms with E-state index in [1.54, 1.807) is 24.4 Å². The minimum absolute atomic E-state index is 0.207. The Morgan fingerprint density at radius 3 is 1.84 bits per heavy atom. The molecule has 0 amide bonds. The van der Waals surface area contributed by atoms with Crippen LogP contribution in [0.4, 0.5) is 43.0 Å². The predicted octanol–water partition coefficient (Wildman–Crippen LogP) is 17.2. The van der Waals surface area contributed by atoms with Crippen LogP contribution in [0.2, 0.25) is 0 Å². The van der Waals surface area contributed by atoms with Crippen LogP contribution in [0.1, 0.15) is 28.7 Å². The topological polar surface area (TPSA) is 19.4 Å². The summed E-state index contributed by atoms with van der Waals surface area (Å²) in [6, 6.07) is 65.4. The average Bonchev–Trinajstić information content (AvgIpc) is 3.70. The Bertz CT molecular complexity index is 3920. The molecule has 0 N–H and O–H groups in total. The molecule has 0 saturated heterocycles. The lowest BCUT2D eigenvalue weighted by Crippen LogP contribution is -2.27. The van der Waals surface area contributed by atoms with Crippen molar-refractivity contribution in [1.29, 1.82) is 0 Å². The molecule has 13 rings (SSSR count). The number of allylic oxidation sites excluding steroid dienone is 5. The molecular formula is C63H41F2N3. The van der Waals surface area contributed by atoms with Crippen molar-refractivity contribution in [3.63, 3.8) is 0 Å². The number of benzene rings is 10. The molecule has 1 atom stereocenters. The van der Waals surface area contributed by atoms with Crippen LogP contribution in [0.25, 0.3) is 59.8 Å². The number of hydrogen-bond acceptors (Lipinski definition) is 3. The molecule has 5 heteroatoms. The summed E-state index contributed by atoms with van der Waals surface area (Å²) in [7, 11) is 0. The molecule has 0 aliphatic heterocycles. The van der Waals surface area contributed by atoms with Gasteiger partial charge in [0.1, 0.15) is 5.82 Å². The molecule has 1 heterocycles. The summed E-state index contributed by atoms with van der Waals surface area (Å²) in [4.78, 5) is 8.69. The molecule has 0 bridgehead atoms. The molecule has 3 nitrogen and oxygen atoms in total. The van der Waals surface area contributed by atoms with E-state index in [9.17, 15) is 0 Å². The third-order valence-corrected chi connectivity index (χ3v) is 14.2. The van der Waals surface area contributed by atoms with Gasteiger partial charge in [-0.1, -0.05) is 170 Å². The predicted molar refractivity (Wildman–Crippen MR) is 278 cm³/mol. The molecule has 1 spiro atoms. The van der Waals surface area contributed by atoms with E-state index in [0.29, 0.717) is 12.1 Å². The zero-order valence-electron chi connectivity index (χ0n) is 36.9. The van der Waals surface area contributed by atoms with E-state index in [2.05, 4.69) is 180 Å². The molecule has 11 aromatic rings. The summed E-state index contributed by atoms with van der Waals surface area (Å²) < 4.78 is 33.0. The van der Waals surface area contributed by atoms with Gasteiger partial charge in [0.2, 0.25) is 0 Å². The summed E-state index contributed by atoms with van der Waals surface area (Å²) in [5.74, 6) is -0.552. The number of halogens is 2. The van der Waals surface area contributed by atoms with E-state index in [1.165, 1.54) is 17.2 Å². The number of nitrogens with zero attached hydrogens (tertiary/aromatic N) is 3. The normalized spacial score (nSPS) is 16.1. The molecule has 1 aromatic heterocycles. The van der Waals surface area contributed by atoms with Crippen LogP contribution in [-0.4, -0.2) is 4.98 Å². The van der Waals surface area contributed by atoms with Crippen LogP contribution >= 0.6 is 0 Å². The van der Waals surface area contributed by atoms with Crippen molar-refractivity contribution < 1.29 is 8.78 Å². The highest BCUT2D eigenvalue weighted by molar-refractivity contribution is 6.28. The smallest absolute Gasteiger partial charge is 0.174 e. The fraction of sp³-hybridized carbons (Fsp3) is 0.0317. The SMILES string of the molecule is C=C1/C=C\C=C/CC2(c3ccccc31)c1ccccc1-c1c(N(c3ccccc3F)c3ccc4ccc5c(N(c6ccc7ccccc7c6)c6ncccc6F)ccc6ccc3c4c65)cccc12. The van der Waals surface area contributed by atoms with Crippen LogP contribution < -0.4 is 9.80 Å². The van der Waals surface area contributed by atoms with Crippen LogP contribution in [0, 0.1) is 11.6 Å². The minimum Gasteiger partial charge on any atom is -0.306 e. The van der Waals surface area contributed by atoms with Gasteiger partial charge in [-0.2, -0.15) is 0 Å². The maximum absolute atomic E-state index is 16.9. The molecular weight excluding hydrogens is 837 g/mol. The third kappa shape index (κ3) is 5.85. The van der Waals surface area contributed by atoms with Gasteiger partial charge < -0.3 is 4.90 Å². The van der Waals surface area contributed by atoms with E-state index in [4.69, 9.17) is 0 Å². The fourth-order valence-electron chi connectivity index (χ4n) is 11.3. The Morgan fingerprint density at radius 1 is 0.471 bits per heavy atom. The van der Waals surface area contributed by atoms with Crippen LogP contribution in [-0.2, 0) is 5.41 Å². The first-order chi connectivity index (χ1) is 33.5. The summed E-state index contributed by atoms with van der Waals surface area (Å²) in [6.45, 7) is 4.53. The Balaban J connectivity index is 1.08. The van der Waals surface area contributed by atoms with Crippen molar-refractivity contribution in [2.45, 2.75) is 11.8 Å². The quantitative estimate of drug-likeness (QED) is 0.155. The second-order valence-corrected chi connectivity index (χ2v) is 17.8. The molecule has 10 aromatic carbocycles. The Kier molecular flexibility index (Phi) is 9.02. The maximum atomic E-state index is 16.9. The van der Waals surface area contributed by atoms with Crippen LogP contribution in [0.15, 0.2) is 231 Å². The van der Waals surface area contributed by atoms with Gasteiger partial charge in [0.15, 0.2) is 11.6 Å². The highest BCUT2D eigenvalue weighted by atomic mass is 19.1. The van der Waals surface area contributed by atoms with Gasteiger partial charge >= 0.3 is 0 Å². The van der Waals surface area contributed by atoms with Crippen molar-refractivity contribution in [2.75, 3.05) is 9.80 Å². The van der Waals surface area contributed by atoms with Crippen LogP contribution in [0.3, 0.4) is 0 Å². The van der Waals surface area contributed by atoms with Gasteiger partial charge in [-0.05, 0) is 127 Å². The minimum atomic E-state index is -0.562. The van der Waals surface area contributed by atoms with Gasteiger partial charge in [0.25, 0.3) is 0 Å². The molecule has 2 aliphatic rings. The number of anilines is 6. The number of pyridine rings is 1. The van der Waals surface area contributed by atoms with Crippen molar-refractivity contribution in [3.05, 3.63) is 265 Å². The first-order valence-corrected chi connectivity index (χ1v) is 23.0. The van der Waals surface area contributed by atoms with E-state index in [1.807, 2.05) is 35.2 Å². The van der Waals surface area contributed by atoms with Crippen molar-refractivity contribution in [2.24, 2.45) is 0 Å². The van der Waals surface area contributed by atoms with Crippen molar-refractivity contribution >= 4 is 82.9 Å². The monoisotopic (exact) mass is 877 g/mol. The van der Waals surface area contributed by atoms with E-state index in [-0.39, 0.29) is 11.6 Å². The number of fused-ring (bicyclic) bond motifs is 8. The standard InChI is InChI=1S/C63H41F2N3/c1-40-15-3-2-12-37-63(50-20-8-6-18-46(40)50)51-21-9-7-19-47(51)61-52(63)22-13-26-58(61)68(57-25-11-10-23-53(57)64)56-36-31-43-28-33-48-55(35-30-42-29-34-49(56)60(43)59(42)48)67(62-54(65)24-14-38-66-62)45-32-27-41-16-4-5-17-44(41)39-45/h2-36,38-39H,1,37H2/b12-2-,15-3-. The summed E-state index contributed by atoms with van der Waals surface area (Å²) in [5.41, 5.74) is 10.9. The second kappa shape index (κ2) is 15.5. The number of hydrogen-bond donors (Lipinski definition) is 0. The zero-order valence-corrected chi connectivity index (χ0v) is 36.9. The number of rotatable bonds is 6. The van der Waals surface area contributed by atoms with E-state index >= 15 is 8.78 Å². The second-order valence-electron chi connectivity index (χ2n) is 17.8. The lowest BCUT2D eigenvalue weighted by Gasteiger charge is -2.35. The van der Waals surface area contributed by atoms with Gasteiger partial charge in [-0.25, -0.2) is 13.8 Å². The Hall–Kier alpha value is -8.67. The van der Waals surface area contributed by atoms with Gasteiger partial charge in [-0.15, -0.1) is 0 Å². The summed E-state index contributed by atoms with van der Waals surface area (Å²) >= 11 is 0. The molecule has 1 unspecified atom stereocenters. The molecule has 2 aliphatic carbocycles. The molecule has 0 fully saturated rings. The molecule has 0 saturated carbocycles. The Labute approximate surface area is 392 Å². The van der Waals surface area contributed by atoms with E-state index in [0.717, 1.165) is 93.7 Å². The molecule has 0 radical (unpaired) electrons. The summed E-state index contributed by atoms with van der Waals surface area (Å²) in [5, 5.41) is 8.16. The first kappa shape index (κ1) is 39.7. The van der Waals surface area contributed by atoms with Gasteiger partial charge in [0, 0.05) is 28.2 Å². The van der Waals surface area contributed by atoms with Crippen molar-refractivity contribution in [1.82, 2.24) is 4.98 Å². The van der Waals surface area contributed by atoms with Crippen LogP contribution in [0.5, 0.6) is 0 Å². The molecule has 68 heavy (non-hydrogen) atoms. The van der Waals surface area contributed by atoms with E-state index < -0.39 is 11.2 Å². The lowest BCUT2D eigenvalue weighted by molar-refractivity contribution is 0.623. The third-order valence-electron chi connectivity index (χ3n) is 14.2. The van der Waals surface area contributed by atoms with Crippen molar-refractivity contribution in [3.8, 4) is 11.1 Å². The molecule has 322 valence electrons. The van der Waals surface area contributed by atoms with Gasteiger partial charge in [0.05, 0.1) is 28.2 Å². The van der Waals surface area contributed by atoms with Gasteiger partial charge in [-0.3, -0.25) is 4.90 Å². The summed E-state index contributed by atoms with van der Waals surface area (Å²) in [6.07, 6.45) is 10.9. The Morgan fingerprint density at radius 2 is 1.07 bits per heavy atom. The average molecular weight is 878 g/mol. The maximum Gasteiger partial charge on any atom is 0.174 e. The first-order valence-electron chi connectivity index (χ1n) is 23.0. The fourth-order valence-corrected chi connectivity index (χ4v) is 11.3. The number of para-hydroxylation sites is 1.